The summed E-state index contributed by atoms with van der Waals surface area (Å²) < 4.78 is 0. The number of aliphatic imine (C=N–C) groups is 1. The third-order valence-corrected chi connectivity index (χ3v) is 3.11. The van der Waals surface area contributed by atoms with Gasteiger partial charge in [0.1, 0.15) is 0 Å². The fraction of sp³-hybridized carbons (Fsp3) is 0.0625. The third kappa shape index (κ3) is 1.82. The Labute approximate surface area is 106 Å². The van der Waals surface area contributed by atoms with Crippen molar-refractivity contribution in [3.05, 3.63) is 67.0 Å². The van der Waals surface area contributed by atoms with E-state index >= 15 is 0 Å². The number of fused-ring (bicyclic) bond motifs is 1. The van der Waals surface area contributed by atoms with Crippen molar-refractivity contribution in [1.29, 1.82) is 0 Å². The van der Waals surface area contributed by atoms with Gasteiger partial charge in [-0.2, -0.15) is 0 Å². The van der Waals surface area contributed by atoms with E-state index in [0.717, 1.165) is 22.0 Å². The van der Waals surface area contributed by atoms with Crippen LogP contribution in [0, 0.1) is 12.5 Å². The lowest BCUT2D eigenvalue weighted by Gasteiger charge is -2.09. The molecule has 1 unspecified atom stereocenters. The van der Waals surface area contributed by atoms with Crippen LogP contribution >= 0.6 is 0 Å². The number of nitrogens with one attached hydrogen (secondary N) is 1. The average Bonchev–Trinajstić information content (AvgIpc) is 2.65. The van der Waals surface area contributed by atoms with Crippen LogP contribution in [0.1, 0.15) is 5.56 Å². The zero-order valence-corrected chi connectivity index (χ0v) is 9.88. The first-order valence-electron chi connectivity index (χ1n) is 5.92. The van der Waals surface area contributed by atoms with Crippen LogP contribution in [-0.4, -0.2) is 11.2 Å². The molecule has 0 bridgehead atoms. The molecule has 87 valence electrons. The van der Waals surface area contributed by atoms with Crippen LogP contribution < -0.4 is 0 Å². The average molecular weight is 233 g/mol. The molecule has 2 heteroatoms. The van der Waals surface area contributed by atoms with E-state index in [1.54, 1.807) is 6.20 Å². The van der Waals surface area contributed by atoms with Crippen molar-refractivity contribution in [2.24, 2.45) is 10.9 Å². The molecule has 2 aromatic rings. The van der Waals surface area contributed by atoms with E-state index in [-0.39, 0.29) is 5.92 Å². The molecule has 2 nitrogen and oxygen atoms in total. The lowest BCUT2D eigenvalue weighted by Crippen LogP contribution is -2.00. The monoisotopic (exact) mass is 233 g/mol. The van der Waals surface area contributed by atoms with Gasteiger partial charge in [0.2, 0.25) is 0 Å². The van der Waals surface area contributed by atoms with Crippen LogP contribution in [0.2, 0.25) is 0 Å². The molecule has 0 fully saturated rings. The smallest absolute Gasteiger partial charge is 0.0460 e. The molecule has 2 heterocycles. The van der Waals surface area contributed by atoms with Gasteiger partial charge >= 0.3 is 0 Å². The van der Waals surface area contributed by atoms with Crippen molar-refractivity contribution in [2.75, 3.05) is 0 Å². The van der Waals surface area contributed by atoms with Crippen LogP contribution in [0.4, 0.5) is 0 Å². The second-order valence-corrected chi connectivity index (χ2v) is 4.25. The fourth-order valence-electron chi connectivity index (χ4n) is 2.15. The van der Waals surface area contributed by atoms with Crippen LogP contribution in [0.25, 0.3) is 16.5 Å². The van der Waals surface area contributed by atoms with Gasteiger partial charge in [0.05, 0.1) is 0 Å². The van der Waals surface area contributed by atoms with Gasteiger partial charge in [-0.3, -0.25) is 4.99 Å². The molecule has 1 aromatic carbocycles. The first kappa shape index (κ1) is 10.8. The van der Waals surface area contributed by atoms with E-state index < -0.39 is 0 Å². The minimum Gasteiger partial charge on any atom is -0.361 e. The third-order valence-electron chi connectivity index (χ3n) is 3.11. The topological polar surface area (TPSA) is 28.1 Å². The SMILES string of the molecule is [CH]=C(c1c[nH]c2ccccc12)C1C=CC=CN=C1. The molecule has 0 saturated heterocycles. The highest BCUT2D eigenvalue weighted by Crippen LogP contribution is 2.29. The van der Waals surface area contributed by atoms with E-state index in [4.69, 9.17) is 6.58 Å². The van der Waals surface area contributed by atoms with Gasteiger partial charge in [-0.05, 0) is 17.7 Å². The van der Waals surface area contributed by atoms with Gasteiger partial charge in [0, 0.05) is 41.0 Å². The van der Waals surface area contributed by atoms with Gasteiger partial charge in [-0.25, -0.2) is 0 Å². The van der Waals surface area contributed by atoms with E-state index in [2.05, 4.69) is 16.0 Å². The minimum absolute atomic E-state index is 0.0409. The number of allylic oxidation sites excluding steroid dienone is 4. The van der Waals surface area contributed by atoms with Crippen molar-refractivity contribution in [3.8, 4) is 0 Å². The Bertz CT molecular complexity index is 655. The van der Waals surface area contributed by atoms with Crippen molar-refractivity contribution in [3.63, 3.8) is 0 Å². The summed E-state index contributed by atoms with van der Waals surface area (Å²) in [5.74, 6) is 0.0409. The summed E-state index contributed by atoms with van der Waals surface area (Å²) in [5, 5.41) is 1.15. The molecule has 0 amide bonds. The summed E-state index contributed by atoms with van der Waals surface area (Å²) in [5.41, 5.74) is 2.97. The summed E-state index contributed by atoms with van der Waals surface area (Å²) in [4.78, 5) is 7.42. The number of rotatable bonds is 2. The first-order chi connectivity index (χ1) is 8.86. The molecule has 18 heavy (non-hydrogen) atoms. The first-order valence-corrected chi connectivity index (χ1v) is 5.92. The standard InChI is InChI=1S/C16H13N2/c1-12(13-6-4-5-9-17-10-13)15-11-18-16-8-3-2-7-14(15)16/h1-11,13,18H. The zero-order valence-electron chi connectivity index (χ0n) is 9.88. The second kappa shape index (κ2) is 4.49. The van der Waals surface area contributed by atoms with E-state index in [1.807, 2.05) is 48.8 Å². The molecule has 3 rings (SSSR count). The summed E-state index contributed by atoms with van der Waals surface area (Å²) >= 11 is 0. The molecule has 1 aliphatic rings. The number of nitrogens with zero attached hydrogens (tertiary/aromatic N) is 1. The van der Waals surface area contributed by atoms with Crippen LogP contribution in [-0.2, 0) is 0 Å². The lowest BCUT2D eigenvalue weighted by molar-refractivity contribution is 1.20. The van der Waals surface area contributed by atoms with Crippen LogP contribution in [0.3, 0.4) is 0 Å². The Morgan fingerprint density at radius 1 is 1.22 bits per heavy atom. The van der Waals surface area contributed by atoms with Crippen LogP contribution in [0.15, 0.2) is 59.9 Å². The number of aromatic amines is 1. The zero-order chi connectivity index (χ0) is 12.4. The number of H-pyrrole nitrogens is 1. The molecule has 1 N–H and O–H groups in total. The highest BCUT2D eigenvalue weighted by atomic mass is 14.7. The summed E-state index contributed by atoms with van der Waals surface area (Å²) in [6.07, 6.45) is 11.5. The number of para-hydroxylation sites is 1. The van der Waals surface area contributed by atoms with Crippen molar-refractivity contribution < 1.29 is 0 Å². The normalized spacial score (nSPS) is 18.1. The summed E-state index contributed by atoms with van der Waals surface area (Å²) in [7, 11) is 0. The summed E-state index contributed by atoms with van der Waals surface area (Å²) in [6, 6.07) is 8.15. The minimum atomic E-state index is 0.0409. The van der Waals surface area contributed by atoms with Gasteiger partial charge in [-0.1, -0.05) is 36.9 Å². The van der Waals surface area contributed by atoms with Gasteiger partial charge in [0.15, 0.2) is 0 Å². The Morgan fingerprint density at radius 2 is 2.11 bits per heavy atom. The maximum atomic E-state index is 6.28. The van der Waals surface area contributed by atoms with Gasteiger partial charge in [-0.15, -0.1) is 0 Å². The predicted molar refractivity (Wildman–Crippen MR) is 76.3 cm³/mol. The summed E-state index contributed by atoms with van der Waals surface area (Å²) in [6.45, 7) is 6.28. The quantitative estimate of drug-likeness (QED) is 0.818. The highest BCUT2D eigenvalue weighted by Gasteiger charge is 2.13. The molecule has 0 aliphatic carbocycles. The molecular weight excluding hydrogens is 220 g/mol. The largest absolute Gasteiger partial charge is 0.361 e. The maximum absolute atomic E-state index is 6.28. The molecule has 0 spiro atoms. The van der Waals surface area contributed by atoms with Crippen molar-refractivity contribution >= 4 is 22.7 Å². The number of aromatic nitrogens is 1. The number of benzene rings is 1. The lowest BCUT2D eigenvalue weighted by atomic mass is 9.94. The van der Waals surface area contributed by atoms with E-state index in [0.29, 0.717) is 0 Å². The molecular formula is C16H13N2. The molecule has 0 saturated carbocycles. The number of hydrogen-bond donors (Lipinski definition) is 1. The van der Waals surface area contributed by atoms with Gasteiger partial charge in [0.25, 0.3) is 0 Å². The van der Waals surface area contributed by atoms with Gasteiger partial charge < -0.3 is 4.98 Å². The molecule has 1 aromatic heterocycles. The molecule has 1 aliphatic heterocycles. The molecule has 1 atom stereocenters. The molecule has 1 radical (unpaired) electrons. The maximum Gasteiger partial charge on any atom is 0.0460 e. The van der Waals surface area contributed by atoms with E-state index in [1.165, 1.54) is 0 Å². The highest BCUT2D eigenvalue weighted by molar-refractivity contribution is 5.96. The van der Waals surface area contributed by atoms with Crippen LogP contribution in [0.5, 0.6) is 0 Å². The fourth-order valence-corrected chi connectivity index (χ4v) is 2.15. The predicted octanol–water partition coefficient (Wildman–Crippen LogP) is 3.75. The van der Waals surface area contributed by atoms with Crippen molar-refractivity contribution in [1.82, 2.24) is 4.98 Å². The Morgan fingerprint density at radius 3 is 3.06 bits per heavy atom. The Kier molecular flexibility index (Phi) is 2.69. The second-order valence-electron chi connectivity index (χ2n) is 4.25. The van der Waals surface area contributed by atoms with Crippen molar-refractivity contribution in [2.45, 2.75) is 0 Å². The van der Waals surface area contributed by atoms with E-state index in [9.17, 15) is 0 Å². The Hall–Kier alpha value is -2.35. The number of hydrogen-bond acceptors (Lipinski definition) is 1. The Balaban J connectivity index is 2.02.